The van der Waals surface area contributed by atoms with Crippen LogP contribution in [0.3, 0.4) is 0 Å². The van der Waals surface area contributed by atoms with Crippen molar-refractivity contribution in [2.24, 2.45) is 0 Å². The van der Waals surface area contributed by atoms with Crippen LogP contribution in [-0.2, 0) is 14.3 Å². The van der Waals surface area contributed by atoms with E-state index >= 15 is 0 Å². The van der Waals surface area contributed by atoms with Crippen molar-refractivity contribution in [1.29, 1.82) is 0 Å². The van der Waals surface area contributed by atoms with Gasteiger partial charge in [0, 0.05) is 61.9 Å². The first-order valence-electron chi connectivity index (χ1n) is 13.6. The molecule has 3 aromatic heterocycles. The van der Waals surface area contributed by atoms with E-state index in [1.807, 2.05) is 26.8 Å². The lowest BCUT2D eigenvalue weighted by atomic mass is 10.1. The summed E-state index contributed by atoms with van der Waals surface area (Å²) in [5.41, 5.74) is 1.90. The number of pyridine rings is 1. The van der Waals surface area contributed by atoms with Crippen molar-refractivity contribution in [2.75, 3.05) is 43.5 Å². The predicted octanol–water partition coefficient (Wildman–Crippen LogP) is 4.17. The molecule has 1 atom stereocenters. The van der Waals surface area contributed by atoms with Gasteiger partial charge >= 0.3 is 12.1 Å². The van der Waals surface area contributed by atoms with Crippen LogP contribution in [0.2, 0.25) is 0 Å². The second-order valence-corrected chi connectivity index (χ2v) is 11.3. The van der Waals surface area contributed by atoms with Gasteiger partial charge in [-0.15, -0.1) is 0 Å². The van der Waals surface area contributed by atoms with E-state index in [0.717, 1.165) is 5.69 Å². The molecular formula is C29H34FN7O5. The molecule has 0 spiro atoms. The largest absolute Gasteiger partial charge is 0.467 e. The number of amides is 2. The highest BCUT2D eigenvalue weighted by molar-refractivity contribution is 6.14. The van der Waals surface area contributed by atoms with E-state index in [0.29, 0.717) is 42.8 Å². The average Bonchev–Trinajstić information content (AvgIpc) is 3.54. The summed E-state index contributed by atoms with van der Waals surface area (Å²) >= 11 is 0. The molecule has 2 amide bonds. The van der Waals surface area contributed by atoms with Crippen LogP contribution in [0.5, 0.6) is 0 Å². The Labute approximate surface area is 242 Å². The van der Waals surface area contributed by atoms with E-state index < -0.39 is 29.3 Å². The zero-order chi connectivity index (χ0) is 30.3. The van der Waals surface area contributed by atoms with Crippen molar-refractivity contribution >= 4 is 45.9 Å². The molecular weight excluding hydrogens is 545 g/mol. The Morgan fingerprint density at radius 3 is 2.45 bits per heavy atom. The number of rotatable bonds is 5. The summed E-state index contributed by atoms with van der Waals surface area (Å²) in [6.45, 7) is 10.9. The van der Waals surface area contributed by atoms with Gasteiger partial charge in [-0.25, -0.2) is 19.0 Å². The molecule has 0 bridgehead atoms. The molecule has 13 heteroatoms. The molecule has 0 aliphatic carbocycles. The molecule has 1 aromatic carbocycles. The van der Waals surface area contributed by atoms with E-state index in [-0.39, 0.29) is 23.0 Å². The number of imidazole rings is 1. The second kappa shape index (κ2) is 11.0. The molecule has 1 saturated heterocycles. The molecule has 222 valence electrons. The molecule has 1 aliphatic rings. The Morgan fingerprint density at radius 1 is 1.07 bits per heavy atom. The lowest BCUT2D eigenvalue weighted by Crippen LogP contribution is -2.50. The fraction of sp³-hybridized carbons (Fsp3) is 0.414. The number of nitrogens with zero attached hydrogens (tertiary/aromatic N) is 6. The first kappa shape index (κ1) is 28.8. The van der Waals surface area contributed by atoms with Crippen molar-refractivity contribution in [3.63, 3.8) is 0 Å². The molecule has 4 aromatic rings. The maximum absolute atomic E-state index is 14.7. The smallest absolute Gasteiger partial charge is 0.410 e. The number of esters is 1. The standard InChI is InChI=1S/C29H34FN7O5/c1-17-14-36-15-19(13-22(30)25(36)31-17)32-26(38)20-7-8-23(21-16-37(33-24(20)21)18(2)27(39)41-6)34-9-11-35(12-10-34)28(40)42-29(3,4)5/h7-8,13-16,18H,9-12H2,1-6H3,(H,32,38). The predicted molar refractivity (Wildman–Crippen MR) is 154 cm³/mol. The molecule has 4 heterocycles. The van der Waals surface area contributed by atoms with Gasteiger partial charge in [0.2, 0.25) is 0 Å². The highest BCUT2D eigenvalue weighted by Crippen LogP contribution is 2.32. The molecule has 1 fully saturated rings. The summed E-state index contributed by atoms with van der Waals surface area (Å²) < 4.78 is 28.0. The monoisotopic (exact) mass is 579 g/mol. The third-order valence-electron chi connectivity index (χ3n) is 7.01. The minimum Gasteiger partial charge on any atom is -0.467 e. The first-order chi connectivity index (χ1) is 19.8. The van der Waals surface area contributed by atoms with Crippen LogP contribution in [0.25, 0.3) is 16.6 Å². The summed E-state index contributed by atoms with van der Waals surface area (Å²) in [6, 6.07) is 3.95. The van der Waals surface area contributed by atoms with Gasteiger partial charge in [-0.05, 0) is 46.8 Å². The van der Waals surface area contributed by atoms with Crippen LogP contribution in [-0.4, -0.2) is 80.9 Å². The van der Waals surface area contributed by atoms with E-state index in [9.17, 15) is 18.8 Å². The number of fused-ring (bicyclic) bond motifs is 2. The van der Waals surface area contributed by atoms with Gasteiger partial charge in [0.1, 0.15) is 17.2 Å². The highest BCUT2D eigenvalue weighted by atomic mass is 19.1. The Hall–Kier alpha value is -4.68. The minimum absolute atomic E-state index is 0.166. The normalized spacial score (nSPS) is 14.7. The number of hydrogen-bond donors (Lipinski definition) is 1. The Morgan fingerprint density at radius 2 is 1.79 bits per heavy atom. The number of halogens is 1. The number of piperazine rings is 1. The Kier molecular flexibility index (Phi) is 7.52. The van der Waals surface area contributed by atoms with Gasteiger partial charge in [-0.2, -0.15) is 5.10 Å². The lowest BCUT2D eigenvalue weighted by molar-refractivity contribution is -0.144. The number of anilines is 2. The summed E-state index contributed by atoms with van der Waals surface area (Å²) in [4.78, 5) is 46.3. The fourth-order valence-corrected chi connectivity index (χ4v) is 4.95. The number of ether oxygens (including phenoxy) is 2. The van der Waals surface area contributed by atoms with Crippen LogP contribution >= 0.6 is 0 Å². The van der Waals surface area contributed by atoms with Crippen molar-refractivity contribution in [2.45, 2.75) is 46.3 Å². The van der Waals surface area contributed by atoms with Crippen LogP contribution in [0, 0.1) is 12.7 Å². The van der Waals surface area contributed by atoms with E-state index in [1.165, 1.54) is 22.3 Å². The van der Waals surface area contributed by atoms with Gasteiger partial charge in [0.15, 0.2) is 11.5 Å². The zero-order valence-electron chi connectivity index (χ0n) is 24.5. The van der Waals surface area contributed by atoms with Crippen LogP contribution in [0.4, 0.5) is 20.6 Å². The van der Waals surface area contributed by atoms with Gasteiger partial charge in [-0.1, -0.05) is 0 Å². The molecule has 5 rings (SSSR count). The molecule has 1 aliphatic heterocycles. The number of aromatic nitrogens is 4. The molecule has 1 unspecified atom stereocenters. The Bertz CT molecular complexity index is 1680. The van der Waals surface area contributed by atoms with Gasteiger partial charge in [0.25, 0.3) is 5.91 Å². The average molecular weight is 580 g/mol. The summed E-state index contributed by atoms with van der Waals surface area (Å²) in [5.74, 6) is -1.54. The Balaban J connectivity index is 1.46. The SMILES string of the molecule is COC(=O)C(C)n1cc2c(N3CCN(C(=O)OC(C)(C)C)CC3)ccc(C(=O)Nc3cc(F)c4nc(C)cn4c3)c2n1. The van der Waals surface area contributed by atoms with Crippen molar-refractivity contribution < 1.29 is 28.2 Å². The van der Waals surface area contributed by atoms with Gasteiger partial charge in [0.05, 0.1) is 24.1 Å². The minimum atomic E-state index is -0.740. The van der Waals surface area contributed by atoms with E-state index in [4.69, 9.17) is 9.47 Å². The number of hydrogen-bond acceptors (Lipinski definition) is 8. The van der Waals surface area contributed by atoms with Gasteiger partial charge < -0.3 is 29.0 Å². The number of nitrogens with one attached hydrogen (secondary N) is 1. The lowest BCUT2D eigenvalue weighted by Gasteiger charge is -2.37. The zero-order valence-corrected chi connectivity index (χ0v) is 24.5. The first-order valence-corrected chi connectivity index (χ1v) is 13.6. The van der Waals surface area contributed by atoms with E-state index in [2.05, 4.69) is 20.3 Å². The van der Waals surface area contributed by atoms with Crippen LogP contribution in [0.15, 0.2) is 36.8 Å². The van der Waals surface area contributed by atoms with Crippen LogP contribution in [0.1, 0.15) is 49.8 Å². The van der Waals surface area contributed by atoms with E-state index in [1.54, 1.807) is 43.4 Å². The van der Waals surface area contributed by atoms with Crippen LogP contribution < -0.4 is 10.2 Å². The van der Waals surface area contributed by atoms with Gasteiger partial charge in [-0.3, -0.25) is 9.48 Å². The number of benzene rings is 1. The quantitative estimate of drug-likeness (QED) is 0.350. The third kappa shape index (κ3) is 5.71. The topological polar surface area (TPSA) is 123 Å². The summed E-state index contributed by atoms with van der Waals surface area (Å²) in [7, 11) is 1.30. The molecule has 42 heavy (non-hydrogen) atoms. The third-order valence-corrected chi connectivity index (χ3v) is 7.01. The number of aryl methyl sites for hydroxylation is 1. The van der Waals surface area contributed by atoms with Crippen molar-refractivity contribution in [3.05, 3.63) is 53.9 Å². The molecule has 0 radical (unpaired) electrons. The van der Waals surface area contributed by atoms with Crippen molar-refractivity contribution in [1.82, 2.24) is 24.1 Å². The molecule has 0 saturated carbocycles. The second-order valence-electron chi connectivity index (χ2n) is 11.3. The maximum Gasteiger partial charge on any atom is 0.410 e. The van der Waals surface area contributed by atoms with Crippen molar-refractivity contribution in [3.8, 4) is 0 Å². The number of carbonyl (C=O) groups excluding carboxylic acids is 3. The number of methoxy groups -OCH3 is 1. The molecule has 1 N–H and O–H groups in total. The highest BCUT2D eigenvalue weighted by Gasteiger charge is 2.28. The number of carbonyl (C=O) groups is 3. The maximum atomic E-state index is 14.7. The fourth-order valence-electron chi connectivity index (χ4n) is 4.95. The molecule has 12 nitrogen and oxygen atoms in total. The summed E-state index contributed by atoms with van der Waals surface area (Å²) in [5, 5.41) is 8.02. The summed E-state index contributed by atoms with van der Waals surface area (Å²) in [6.07, 6.45) is 4.60.